The maximum Gasteiger partial charge on any atom is 0.345 e. The van der Waals surface area contributed by atoms with Crippen LogP contribution in [0.5, 0.6) is 0 Å². The van der Waals surface area contributed by atoms with Gasteiger partial charge >= 0.3 is 5.97 Å². The highest BCUT2D eigenvalue weighted by Crippen LogP contribution is 2.38. The molecular weight excluding hydrogens is 310 g/mol. The van der Waals surface area contributed by atoms with Gasteiger partial charge in [-0.15, -0.1) is 23.1 Å². The van der Waals surface area contributed by atoms with E-state index in [2.05, 4.69) is 0 Å². The molecule has 2 heterocycles. The normalized spacial score (nSPS) is 20.0. The van der Waals surface area contributed by atoms with E-state index in [-0.39, 0.29) is 22.2 Å². The molecule has 2 atom stereocenters. The van der Waals surface area contributed by atoms with Crippen molar-refractivity contribution in [3.8, 4) is 0 Å². The van der Waals surface area contributed by atoms with Crippen LogP contribution in [-0.2, 0) is 9.53 Å². The highest BCUT2D eigenvalue weighted by molar-refractivity contribution is 8.05. The number of thiophene rings is 1. The molecular formula is C14H17NO4S2. The summed E-state index contributed by atoms with van der Waals surface area (Å²) >= 11 is 2.87. The summed E-state index contributed by atoms with van der Waals surface area (Å²) in [6.45, 7) is 5.77. The van der Waals surface area contributed by atoms with Crippen LogP contribution in [0.2, 0.25) is 0 Å². The van der Waals surface area contributed by atoms with Crippen molar-refractivity contribution in [3.05, 3.63) is 43.5 Å². The molecule has 0 saturated carbocycles. The molecule has 1 aliphatic heterocycles. The van der Waals surface area contributed by atoms with Crippen molar-refractivity contribution < 1.29 is 14.5 Å². The third-order valence-electron chi connectivity index (χ3n) is 2.83. The maximum atomic E-state index is 11.9. The van der Waals surface area contributed by atoms with Crippen molar-refractivity contribution in [2.24, 2.45) is 0 Å². The van der Waals surface area contributed by atoms with Crippen LogP contribution in [0.3, 0.4) is 0 Å². The van der Waals surface area contributed by atoms with Gasteiger partial charge in [-0.25, -0.2) is 4.79 Å². The summed E-state index contributed by atoms with van der Waals surface area (Å²) in [7, 11) is 0. The van der Waals surface area contributed by atoms with Crippen LogP contribution in [0, 0.1) is 10.1 Å². The molecule has 1 aromatic rings. The van der Waals surface area contributed by atoms with E-state index in [4.69, 9.17) is 4.74 Å². The Morgan fingerprint density at radius 2 is 2.24 bits per heavy atom. The van der Waals surface area contributed by atoms with Crippen molar-refractivity contribution in [2.75, 3.05) is 6.54 Å². The number of rotatable bonds is 5. The van der Waals surface area contributed by atoms with Gasteiger partial charge in [-0.2, -0.15) is 0 Å². The predicted molar refractivity (Wildman–Crippen MR) is 84.2 cm³/mol. The van der Waals surface area contributed by atoms with Crippen LogP contribution in [0.15, 0.2) is 28.5 Å². The number of ether oxygens (including phenoxy) is 1. The summed E-state index contributed by atoms with van der Waals surface area (Å²) in [6, 6.07) is 3.69. The highest BCUT2D eigenvalue weighted by Gasteiger charge is 2.37. The first kappa shape index (κ1) is 16.0. The number of nitro groups is 1. The Bertz CT molecular complexity index is 560. The minimum Gasteiger partial charge on any atom is -0.453 e. The SMILES string of the molecule is CC(C)(C)SC1=C[C@H]([C@@H](C[N+](=O)[O-])c2cccs2)OC1=O. The molecule has 0 fully saturated rings. The molecule has 21 heavy (non-hydrogen) atoms. The molecule has 0 aliphatic carbocycles. The van der Waals surface area contributed by atoms with E-state index in [9.17, 15) is 14.9 Å². The largest absolute Gasteiger partial charge is 0.453 e. The zero-order valence-electron chi connectivity index (χ0n) is 12.1. The van der Waals surface area contributed by atoms with E-state index in [1.165, 1.54) is 23.1 Å². The molecule has 0 N–H and O–H groups in total. The van der Waals surface area contributed by atoms with E-state index in [0.29, 0.717) is 4.91 Å². The van der Waals surface area contributed by atoms with Crippen molar-refractivity contribution >= 4 is 29.1 Å². The van der Waals surface area contributed by atoms with Crippen LogP contribution in [0.4, 0.5) is 0 Å². The molecule has 0 saturated heterocycles. The first-order valence-corrected chi connectivity index (χ1v) is 8.23. The lowest BCUT2D eigenvalue weighted by molar-refractivity contribution is -0.484. The summed E-state index contributed by atoms with van der Waals surface area (Å²) < 4.78 is 5.25. The number of carbonyl (C=O) groups excluding carboxylic acids is 1. The Hall–Kier alpha value is -1.34. The number of esters is 1. The second-order valence-electron chi connectivity index (χ2n) is 5.75. The quantitative estimate of drug-likeness (QED) is 0.471. The standard InChI is InChI=1S/C14H17NO4S2/c1-14(2,3)21-12-7-10(19-13(12)16)9(8-15(17)18)11-5-4-6-20-11/h4-7,9-10H,8H2,1-3H3/t9-,10-/m1/s1. The fourth-order valence-corrected chi connectivity index (χ4v) is 3.90. The van der Waals surface area contributed by atoms with Crippen LogP contribution < -0.4 is 0 Å². The van der Waals surface area contributed by atoms with Crippen molar-refractivity contribution in [1.29, 1.82) is 0 Å². The van der Waals surface area contributed by atoms with Crippen molar-refractivity contribution in [3.63, 3.8) is 0 Å². The molecule has 2 rings (SSSR count). The topological polar surface area (TPSA) is 69.4 Å². The number of hydrogen-bond acceptors (Lipinski definition) is 6. The van der Waals surface area contributed by atoms with Crippen molar-refractivity contribution in [1.82, 2.24) is 0 Å². The number of nitrogens with zero attached hydrogens (tertiary/aromatic N) is 1. The monoisotopic (exact) mass is 327 g/mol. The number of carbonyl (C=O) groups is 1. The van der Waals surface area contributed by atoms with Gasteiger partial charge < -0.3 is 4.74 Å². The van der Waals surface area contributed by atoms with Gasteiger partial charge in [0.25, 0.3) is 0 Å². The fourth-order valence-electron chi connectivity index (χ4n) is 2.06. The molecule has 0 aromatic carbocycles. The molecule has 0 amide bonds. The smallest absolute Gasteiger partial charge is 0.345 e. The summed E-state index contributed by atoms with van der Waals surface area (Å²) in [4.78, 5) is 23.9. The van der Waals surface area contributed by atoms with Crippen LogP contribution in [0.1, 0.15) is 31.6 Å². The van der Waals surface area contributed by atoms with Gasteiger partial charge in [0.15, 0.2) is 0 Å². The zero-order valence-corrected chi connectivity index (χ0v) is 13.7. The summed E-state index contributed by atoms with van der Waals surface area (Å²) in [6.07, 6.45) is 1.16. The van der Waals surface area contributed by atoms with E-state index in [0.717, 1.165) is 4.88 Å². The number of cyclic esters (lactones) is 1. The average molecular weight is 327 g/mol. The van der Waals surface area contributed by atoms with Gasteiger partial charge in [0, 0.05) is 14.5 Å². The van der Waals surface area contributed by atoms with Crippen molar-refractivity contribution in [2.45, 2.75) is 37.5 Å². The average Bonchev–Trinajstić information content (AvgIpc) is 2.95. The molecule has 5 nitrogen and oxygen atoms in total. The Morgan fingerprint density at radius 1 is 1.52 bits per heavy atom. The van der Waals surface area contributed by atoms with E-state index >= 15 is 0 Å². The van der Waals surface area contributed by atoms with Gasteiger partial charge in [-0.3, -0.25) is 10.1 Å². The van der Waals surface area contributed by atoms with Gasteiger partial charge in [-0.05, 0) is 17.5 Å². The Balaban J connectivity index is 2.22. The highest BCUT2D eigenvalue weighted by atomic mass is 32.2. The van der Waals surface area contributed by atoms with Gasteiger partial charge in [0.1, 0.15) is 6.10 Å². The lowest BCUT2D eigenvalue weighted by Crippen LogP contribution is -2.24. The van der Waals surface area contributed by atoms with E-state index < -0.39 is 12.0 Å². The van der Waals surface area contributed by atoms with Crippen LogP contribution in [-0.4, -0.2) is 28.3 Å². The maximum absolute atomic E-state index is 11.9. The molecule has 1 aromatic heterocycles. The Morgan fingerprint density at radius 3 is 2.76 bits per heavy atom. The second kappa shape index (κ2) is 6.19. The first-order chi connectivity index (χ1) is 9.76. The Labute approximate surface area is 131 Å². The minimum atomic E-state index is -0.564. The lowest BCUT2D eigenvalue weighted by Gasteiger charge is -2.16. The molecule has 114 valence electrons. The van der Waals surface area contributed by atoms with Crippen LogP contribution >= 0.6 is 23.1 Å². The van der Waals surface area contributed by atoms with E-state index in [1.54, 1.807) is 6.08 Å². The summed E-state index contributed by atoms with van der Waals surface area (Å²) in [5.74, 6) is -0.813. The third kappa shape index (κ3) is 4.31. The summed E-state index contributed by atoms with van der Waals surface area (Å²) in [5.41, 5.74) is 0. The molecule has 0 spiro atoms. The zero-order chi connectivity index (χ0) is 15.6. The van der Waals surface area contributed by atoms with Crippen LogP contribution in [0.25, 0.3) is 0 Å². The van der Waals surface area contributed by atoms with Gasteiger partial charge in [0.05, 0.1) is 10.8 Å². The molecule has 7 heteroatoms. The first-order valence-electron chi connectivity index (χ1n) is 6.53. The van der Waals surface area contributed by atoms with Gasteiger partial charge in [0.2, 0.25) is 6.54 Å². The van der Waals surface area contributed by atoms with Gasteiger partial charge in [-0.1, -0.05) is 26.8 Å². The second-order valence-corrected chi connectivity index (χ2v) is 8.60. The summed E-state index contributed by atoms with van der Waals surface area (Å²) in [5, 5.41) is 12.8. The molecule has 1 aliphatic rings. The molecule has 0 radical (unpaired) electrons. The molecule has 0 bridgehead atoms. The van der Waals surface area contributed by atoms with E-state index in [1.807, 2.05) is 38.3 Å². The molecule has 0 unspecified atom stereocenters. The Kier molecular flexibility index (Phi) is 4.73. The fraction of sp³-hybridized carbons (Fsp3) is 0.500. The predicted octanol–water partition coefficient (Wildman–Crippen LogP) is 3.45. The third-order valence-corrected chi connectivity index (χ3v) is 4.97. The number of thioether (sulfide) groups is 1. The lowest BCUT2D eigenvalue weighted by atomic mass is 10.0. The minimum absolute atomic E-state index is 0.110. The number of hydrogen-bond donors (Lipinski definition) is 0.